The van der Waals surface area contributed by atoms with Crippen LogP contribution in [0, 0.1) is 3.57 Å². The zero-order chi connectivity index (χ0) is 25.5. The van der Waals surface area contributed by atoms with E-state index in [1.807, 2.05) is 22.6 Å². The first-order valence-corrected chi connectivity index (χ1v) is 11.7. The van der Waals surface area contributed by atoms with E-state index in [1.54, 1.807) is 36.4 Å². The topological polar surface area (TPSA) is 119 Å². The number of nitrogens with one attached hydrogen (secondary N) is 1. The van der Waals surface area contributed by atoms with E-state index < -0.39 is 36.0 Å². The Bertz CT molecular complexity index is 1280. The molecular formula is C24H16Cl2INO7. The van der Waals surface area contributed by atoms with Gasteiger partial charge in [0, 0.05) is 3.57 Å². The molecule has 180 valence electrons. The zero-order valence-electron chi connectivity index (χ0n) is 17.6. The molecule has 0 unspecified atom stereocenters. The number of carboxylic acid groups (broad SMARTS) is 1. The molecule has 35 heavy (non-hydrogen) atoms. The summed E-state index contributed by atoms with van der Waals surface area (Å²) in [5.74, 6) is -4.96. The zero-order valence-corrected chi connectivity index (χ0v) is 21.3. The second-order valence-corrected chi connectivity index (χ2v) is 8.90. The molecule has 11 heteroatoms. The minimum atomic E-state index is -2.20. The fraction of sp³-hybridized carbons (Fsp3) is 0.0833. The molecule has 0 saturated carbocycles. The van der Waals surface area contributed by atoms with Crippen LogP contribution in [-0.2, 0) is 19.1 Å². The molecule has 0 saturated heterocycles. The number of para-hydroxylation sites is 1. The van der Waals surface area contributed by atoms with Crippen molar-refractivity contribution in [2.24, 2.45) is 0 Å². The van der Waals surface area contributed by atoms with Crippen LogP contribution in [0.25, 0.3) is 0 Å². The molecule has 0 heterocycles. The molecule has 2 atom stereocenters. The Morgan fingerprint density at radius 2 is 1.20 bits per heavy atom. The normalized spacial score (nSPS) is 12.2. The number of esters is 2. The van der Waals surface area contributed by atoms with E-state index >= 15 is 0 Å². The molecule has 0 aliphatic carbocycles. The van der Waals surface area contributed by atoms with Crippen molar-refractivity contribution in [1.82, 2.24) is 0 Å². The average Bonchev–Trinajstić information content (AvgIpc) is 2.82. The summed E-state index contributed by atoms with van der Waals surface area (Å²) >= 11 is 14.0. The quantitative estimate of drug-likeness (QED) is 0.264. The van der Waals surface area contributed by atoms with Gasteiger partial charge in [-0.3, -0.25) is 4.79 Å². The summed E-state index contributed by atoms with van der Waals surface area (Å²) in [7, 11) is 0. The molecular weight excluding hydrogens is 612 g/mol. The first-order chi connectivity index (χ1) is 16.7. The number of carbonyl (C=O) groups is 4. The van der Waals surface area contributed by atoms with E-state index in [0.29, 0.717) is 9.26 Å². The molecule has 0 fully saturated rings. The third-order valence-corrected chi connectivity index (χ3v) is 6.16. The van der Waals surface area contributed by atoms with Crippen molar-refractivity contribution >= 4 is 75.3 Å². The molecule has 0 aliphatic rings. The number of rotatable bonds is 8. The number of benzene rings is 3. The fourth-order valence-electron chi connectivity index (χ4n) is 2.87. The summed E-state index contributed by atoms with van der Waals surface area (Å²) in [6.07, 6.45) is -4.27. The molecule has 0 aromatic heterocycles. The molecule has 8 nitrogen and oxygen atoms in total. The number of hydrogen-bond acceptors (Lipinski definition) is 6. The molecule has 3 rings (SSSR count). The highest BCUT2D eigenvalue weighted by molar-refractivity contribution is 14.1. The summed E-state index contributed by atoms with van der Waals surface area (Å²) < 4.78 is 11.0. The lowest BCUT2D eigenvalue weighted by Gasteiger charge is -2.24. The van der Waals surface area contributed by atoms with Gasteiger partial charge in [0.2, 0.25) is 12.2 Å². The number of carboxylic acids is 1. The maximum atomic E-state index is 13.1. The van der Waals surface area contributed by atoms with E-state index in [-0.39, 0.29) is 21.2 Å². The van der Waals surface area contributed by atoms with Gasteiger partial charge in [-0.1, -0.05) is 59.6 Å². The minimum absolute atomic E-state index is 0.00883. The monoisotopic (exact) mass is 627 g/mol. The molecule has 0 aliphatic heterocycles. The number of ether oxygens (including phenoxy) is 2. The number of aliphatic carboxylic acids is 1. The maximum absolute atomic E-state index is 13.1. The first kappa shape index (κ1) is 26.5. The SMILES string of the molecule is O=C(O[C@H](C(=O)Nc1ccccc1I)[C@@H](OC(=O)c1ccccc1Cl)C(=O)O)c1ccccc1Cl. The van der Waals surface area contributed by atoms with E-state index in [2.05, 4.69) is 5.32 Å². The van der Waals surface area contributed by atoms with Crippen molar-refractivity contribution in [3.8, 4) is 0 Å². The van der Waals surface area contributed by atoms with Gasteiger partial charge < -0.3 is 19.9 Å². The smallest absolute Gasteiger partial charge is 0.349 e. The highest BCUT2D eigenvalue weighted by atomic mass is 127. The van der Waals surface area contributed by atoms with Crippen molar-refractivity contribution in [3.63, 3.8) is 0 Å². The van der Waals surface area contributed by atoms with Gasteiger partial charge >= 0.3 is 17.9 Å². The van der Waals surface area contributed by atoms with Crippen LogP contribution >= 0.6 is 45.8 Å². The van der Waals surface area contributed by atoms with Crippen molar-refractivity contribution in [3.05, 3.63) is 97.5 Å². The third kappa shape index (κ3) is 6.71. The molecule has 2 N–H and O–H groups in total. The number of anilines is 1. The Morgan fingerprint density at radius 1 is 0.743 bits per heavy atom. The van der Waals surface area contributed by atoms with Crippen molar-refractivity contribution in [2.75, 3.05) is 5.32 Å². The molecule has 3 aromatic carbocycles. The Morgan fingerprint density at radius 3 is 1.69 bits per heavy atom. The molecule has 0 radical (unpaired) electrons. The predicted octanol–water partition coefficient (Wildman–Crippen LogP) is 5.07. The van der Waals surface area contributed by atoms with E-state index in [4.69, 9.17) is 32.7 Å². The van der Waals surface area contributed by atoms with Crippen LogP contribution in [-0.4, -0.2) is 41.1 Å². The van der Waals surface area contributed by atoms with Crippen molar-refractivity contribution in [1.29, 1.82) is 0 Å². The van der Waals surface area contributed by atoms with E-state index in [1.165, 1.54) is 36.4 Å². The second-order valence-electron chi connectivity index (χ2n) is 6.92. The lowest BCUT2D eigenvalue weighted by molar-refractivity contribution is -0.157. The van der Waals surface area contributed by atoms with Crippen LogP contribution in [0.2, 0.25) is 10.0 Å². The summed E-state index contributed by atoms with van der Waals surface area (Å²) in [5.41, 5.74) is 0.0934. The Labute approximate surface area is 223 Å². The number of halogens is 3. The van der Waals surface area contributed by atoms with Crippen molar-refractivity contribution < 1.29 is 33.8 Å². The van der Waals surface area contributed by atoms with Crippen LogP contribution in [0.5, 0.6) is 0 Å². The highest BCUT2D eigenvalue weighted by Crippen LogP contribution is 2.23. The van der Waals surface area contributed by atoms with Crippen LogP contribution < -0.4 is 5.32 Å². The number of hydrogen-bond donors (Lipinski definition) is 2. The highest BCUT2D eigenvalue weighted by Gasteiger charge is 2.41. The Kier molecular flexibility index (Phi) is 9.07. The maximum Gasteiger partial charge on any atom is 0.349 e. The van der Waals surface area contributed by atoms with Crippen LogP contribution in [0.15, 0.2) is 72.8 Å². The molecule has 3 aromatic rings. The van der Waals surface area contributed by atoms with Gasteiger partial charge in [-0.15, -0.1) is 0 Å². The first-order valence-electron chi connectivity index (χ1n) is 9.88. The minimum Gasteiger partial charge on any atom is -0.478 e. The summed E-state index contributed by atoms with van der Waals surface area (Å²) in [6.45, 7) is 0. The van der Waals surface area contributed by atoms with Crippen LogP contribution in [0.4, 0.5) is 5.69 Å². The Hall–Kier alpha value is -3.15. The van der Waals surface area contributed by atoms with Crippen LogP contribution in [0.3, 0.4) is 0 Å². The van der Waals surface area contributed by atoms with Crippen molar-refractivity contribution in [2.45, 2.75) is 12.2 Å². The van der Waals surface area contributed by atoms with Gasteiger partial charge in [0.05, 0.1) is 26.9 Å². The molecule has 1 amide bonds. The summed E-state index contributed by atoms with van der Waals surface area (Å²) in [5, 5.41) is 12.3. The lowest BCUT2D eigenvalue weighted by Crippen LogP contribution is -2.48. The summed E-state index contributed by atoms with van der Waals surface area (Å²) in [6, 6.07) is 18.3. The van der Waals surface area contributed by atoms with Gasteiger partial charge in [-0.2, -0.15) is 0 Å². The molecule has 0 bridgehead atoms. The number of amides is 1. The van der Waals surface area contributed by atoms with E-state index in [9.17, 15) is 24.3 Å². The van der Waals surface area contributed by atoms with Gasteiger partial charge in [-0.25, -0.2) is 14.4 Å². The fourth-order valence-corrected chi connectivity index (χ4v) is 3.82. The second kappa shape index (κ2) is 12.0. The van der Waals surface area contributed by atoms with Gasteiger partial charge in [0.25, 0.3) is 5.91 Å². The van der Waals surface area contributed by atoms with Gasteiger partial charge in [0.15, 0.2) is 0 Å². The largest absolute Gasteiger partial charge is 0.478 e. The third-order valence-electron chi connectivity index (χ3n) is 4.56. The van der Waals surface area contributed by atoms with E-state index in [0.717, 1.165) is 0 Å². The average molecular weight is 628 g/mol. The Balaban J connectivity index is 1.95. The predicted molar refractivity (Wildman–Crippen MR) is 137 cm³/mol. The summed E-state index contributed by atoms with van der Waals surface area (Å²) in [4.78, 5) is 50.7. The lowest BCUT2D eigenvalue weighted by atomic mass is 10.1. The number of carbonyl (C=O) groups excluding carboxylic acids is 3. The standard InChI is InChI=1S/C24H16Cl2INO7/c25-15-9-3-1-7-13(15)23(32)34-19(21(29)28-18-12-6-5-11-17(18)27)20(22(30)31)35-24(33)14-8-2-4-10-16(14)26/h1-12,19-20H,(H,28,29)(H,30,31)/t19-,20+/m0/s1. The van der Waals surface area contributed by atoms with Gasteiger partial charge in [0.1, 0.15) is 0 Å². The van der Waals surface area contributed by atoms with Gasteiger partial charge in [-0.05, 0) is 59.0 Å². The van der Waals surface area contributed by atoms with Crippen LogP contribution in [0.1, 0.15) is 20.7 Å². The molecule has 0 spiro atoms.